The number of halogens is 3. The molecular weight excluding hydrogens is 351 g/mol. The number of hydrogen-bond acceptors (Lipinski definition) is 3. The van der Waals surface area contributed by atoms with Crippen LogP contribution in [0.25, 0.3) is 0 Å². The normalized spacial score (nSPS) is 24.4. The topological polar surface area (TPSA) is 59.0 Å². The molecular formula is C18H24F3NO4. The number of alkyl halides is 3. The summed E-state index contributed by atoms with van der Waals surface area (Å²) in [6, 6.07) is 4.01. The number of likely N-dealkylation sites (tertiary alicyclic amines) is 1. The van der Waals surface area contributed by atoms with Gasteiger partial charge in [-0.3, -0.25) is 0 Å². The fourth-order valence-electron chi connectivity index (χ4n) is 3.42. The SMILES string of the molecule is COC1CCN(C(=O)O)C(C(C)(C)C)C1Oc1cccc(C(F)(F)F)c1. The number of amides is 1. The summed E-state index contributed by atoms with van der Waals surface area (Å²) in [7, 11) is 1.49. The van der Waals surface area contributed by atoms with Crippen LogP contribution in [0.2, 0.25) is 0 Å². The lowest BCUT2D eigenvalue weighted by Crippen LogP contribution is -2.63. The van der Waals surface area contributed by atoms with Crippen molar-refractivity contribution in [2.75, 3.05) is 13.7 Å². The molecule has 1 aromatic carbocycles. The summed E-state index contributed by atoms with van der Waals surface area (Å²) in [5.41, 5.74) is -1.32. The van der Waals surface area contributed by atoms with Crippen molar-refractivity contribution in [2.45, 2.75) is 51.6 Å². The van der Waals surface area contributed by atoms with E-state index in [0.717, 1.165) is 12.1 Å². The van der Waals surface area contributed by atoms with Gasteiger partial charge in [0.2, 0.25) is 0 Å². The standard InChI is InChI=1S/C18H24F3NO4/c1-17(2,3)15-14(13(25-4)8-9-22(15)16(23)24)26-12-7-5-6-11(10-12)18(19,20)21/h5-7,10,13-15H,8-9H2,1-4H3,(H,23,24). The summed E-state index contributed by atoms with van der Waals surface area (Å²) < 4.78 is 50.2. The van der Waals surface area contributed by atoms with Crippen molar-refractivity contribution in [3.8, 4) is 5.75 Å². The lowest BCUT2D eigenvalue weighted by molar-refractivity contribution is -0.138. The van der Waals surface area contributed by atoms with E-state index in [2.05, 4.69) is 0 Å². The van der Waals surface area contributed by atoms with Crippen LogP contribution in [0, 0.1) is 5.41 Å². The summed E-state index contributed by atoms with van der Waals surface area (Å²) >= 11 is 0. The van der Waals surface area contributed by atoms with E-state index in [1.807, 2.05) is 20.8 Å². The van der Waals surface area contributed by atoms with E-state index in [0.29, 0.717) is 6.42 Å². The van der Waals surface area contributed by atoms with Crippen LogP contribution in [-0.2, 0) is 10.9 Å². The molecule has 0 spiro atoms. The predicted molar refractivity (Wildman–Crippen MR) is 89.2 cm³/mol. The van der Waals surface area contributed by atoms with Crippen molar-refractivity contribution in [1.82, 2.24) is 4.90 Å². The highest BCUT2D eigenvalue weighted by Crippen LogP contribution is 2.37. The van der Waals surface area contributed by atoms with E-state index < -0.39 is 41.5 Å². The fraction of sp³-hybridized carbons (Fsp3) is 0.611. The highest BCUT2D eigenvalue weighted by molar-refractivity contribution is 5.66. The molecule has 0 aromatic heterocycles. The van der Waals surface area contributed by atoms with Gasteiger partial charge in [-0.2, -0.15) is 13.2 Å². The Kier molecular flexibility index (Phi) is 5.75. The zero-order valence-electron chi connectivity index (χ0n) is 15.2. The predicted octanol–water partition coefficient (Wildman–Crippen LogP) is 4.27. The number of hydrogen-bond donors (Lipinski definition) is 1. The Bertz CT molecular complexity index is 642. The number of ether oxygens (including phenoxy) is 2. The number of piperidine rings is 1. The maximum Gasteiger partial charge on any atom is 0.416 e. The van der Waals surface area contributed by atoms with Crippen LogP contribution < -0.4 is 4.74 Å². The highest BCUT2D eigenvalue weighted by atomic mass is 19.4. The molecule has 2 rings (SSSR count). The van der Waals surface area contributed by atoms with Gasteiger partial charge >= 0.3 is 12.3 Å². The maximum absolute atomic E-state index is 13.0. The molecule has 0 radical (unpaired) electrons. The lowest BCUT2D eigenvalue weighted by Gasteiger charge is -2.48. The van der Waals surface area contributed by atoms with E-state index in [4.69, 9.17) is 9.47 Å². The molecule has 146 valence electrons. The molecule has 1 fully saturated rings. The van der Waals surface area contributed by atoms with Crippen LogP contribution in [-0.4, -0.2) is 48.0 Å². The quantitative estimate of drug-likeness (QED) is 0.857. The van der Waals surface area contributed by atoms with E-state index in [-0.39, 0.29) is 12.3 Å². The molecule has 3 atom stereocenters. The fourth-order valence-corrected chi connectivity index (χ4v) is 3.42. The van der Waals surface area contributed by atoms with E-state index in [1.54, 1.807) is 0 Å². The molecule has 1 amide bonds. The van der Waals surface area contributed by atoms with Gasteiger partial charge in [-0.25, -0.2) is 4.79 Å². The van der Waals surface area contributed by atoms with Gasteiger partial charge in [0.1, 0.15) is 11.9 Å². The summed E-state index contributed by atoms with van der Waals surface area (Å²) in [6.45, 7) is 5.88. The van der Waals surface area contributed by atoms with Crippen LogP contribution in [0.15, 0.2) is 24.3 Å². The largest absolute Gasteiger partial charge is 0.486 e. The molecule has 1 saturated heterocycles. The van der Waals surface area contributed by atoms with Crippen LogP contribution in [0.5, 0.6) is 5.75 Å². The van der Waals surface area contributed by atoms with Crippen molar-refractivity contribution in [3.63, 3.8) is 0 Å². The van der Waals surface area contributed by atoms with Crippen molar-refractivity contribution in [3.05, 3.63) is 29.8 Å². The molecule has 0 bridgehead atoms. The molecule has 8 heteroatoms. The van der Waals surface area contributed by atoms with E-state index in [9.17, 15) is 23.1 Å². The summed E-state index contributed by atoms with van der Waals surface area (Å²) in [6.07, 6.45) is -6.32. The first-order valence-corrected chi connectivity index (χ1v) is 8.31. The van der Waals surface area contributed by atoms with Crippen LogP contribution in [0.1, 0.15) is 32.8 Å². The smallest absolute Gasteiger partial charge is 0.416 e. The molecule has 0 saturated carbocycles. The number of rotatable bonds is 3. The van der Waals surface area contributed by atoms with Crippen LogP contribution >= 0.6 is 0 Å². The third-order valence-corrected chi connectivity index (χ3v) is 4.54. The Balaban J connectivity index is 2.39. The average molecular weight is 375 g/mol. The Labute approximate surface area is 150 Å². The van der Waals surface area contributed by atoms with Crippen molar-refractivity contribution >= 4 is 6.09 Å². The van der Waals surface area contributed by atoms with Crippen LogP contribution in [0.3, 0.4) is 0 Å². The van der Waals surface area contributed by atoms with Gasteiger partial charge < -0.3 is 19.5 Å². The molecule has 1 heterocycles. The third-order valence-electron chi connectivity index (χ3n) is 4.54. The molecule has 5 nitrogen and oxygen atoms in total. The van der Waals surface area contributed by atoms with Crippen molar-refractivity contribution in [2.24, 2.45) is 5.41 Å². The minimum absolute atomic E-state index is 0.0355. The molecule has 1 aromatic rings. The number of carboxylic acid groups (broad SMARTS) is 1. The zero-order chi connectivity index (χ0) is 19.7. The average Bonchev–Trinajstić information content (AvgIpc) is 2.52. The molecule has 1 N–H and O–H groups in total. The van der Waals surface area contributed by atoms with Crippen molar-refractivity contribution in [1.29, 1.82) is 0 Å². The first kappa shape index (κ1) is 20.4. The monoisotopic (exact) mass is 375 g/mol. The minimum Gasteiger partial charge on any atom is -0.486 e. The molecule has 1 aliphatic rings. The third kappa shape index (κ3) is 4.41. The van der Waals surface area contributed by atoms with Gasteiger partial charge in [0.15, 0.2) is 0 Å². The summed E-state index contributed by atoms with van der Waals surface area (Å²) in [4.78, 5) is 13.0. The second kappa shape index (κ2) is 7.34. The first-order chi connectivity index (χ1) is 11.9. The number of carbonyl (C=O) groups is 1. The second-order valence-corrected chi connectivity index (χ2v) is 7.46. The van der Waals surface area contributed by atoms with E-state index >= 15 is 0 Å². The van der Waals surface area contributed by atoms with E-state index in [1.165, 1.54) is 24.1 Å². The molecule has 1 aliphatic heterocycles. The lowest BCUT2D eigenvalue weighted by atomic mass is 9.78. The number of methoxy groups -OCH3 is 1. The Morgan fingerprint density at radius 1 is 1.27 bits per heavy atom. The second-order valence-electron chi connectivity index (χ2n) is 7.46. The number of benzene rings is 1. The molecule has 26 heavy (non-hydrogen) atoms. The molecule has 3 unspecified atom stereocenters. The minimum atomic E-state index is -4.48. The Morgan fingerprint density at radius 2 is 1.92 bits per heavy atom. The van der Waals surface area contributed by atoms with Gasteiger partial charge in [-0.15, -0.1) is 0 Å². The Hall–Kier alpha value is -1.96. The number of nitrogens with zero attached hydrogens (tertiary/aromatic N) is 1. The van der Waals surface area contributed by atoms with Gasteiger partial charge in [-0.1, -0.05) is 26.8 Å². The first-order valence-electron chi connectivity index (χ1n) is 8.31. The van der Waals surface area contributed by atoms with Gasteiger partial charge in [-0.05, 0) is 30.0 Å². The van der Waals surface area contributed by atoms with Gasteiger partial charge in [0.25, 0.3) is 0 Å². The zero-order valence-corrected chi connectivity index (χ0v) is 15.2. The Morgan fingerprint density at radius 3 is 2.42 bits per heavy atom. The van der Waals surface area contributed by atoms with Crippen molar-refractivity contribution < 1.29 is 32.5 Å². The molecule has 0 aliphatic carbocycles. The maximum atomic E-state index is 13.0. The highest BCUT2D eigenvalue weighted by Gasteiger charge is 2.48. The van der Waals surface area contributed by atoms with Gasteiger partial charge in [0, 0.05) is 13.7 Å². The van der Waals surface area contributed by atoms with Crippen LogP contribution in [0.4, 0.5) is 18.0 Å². The van der Waals surface area contributed by atoms with Gasteiger partial charge in [0.05, 0.1) is 17.7 Å². The summed E-state index contributed by atoms with van der Waals surface area (Å²) in [5, 5.41) is 9.55. The summed E-state index contributed by atoms with van der Waals surface area (Å²) in [5.74, 6) is 0.0355.